The van der Waals surface area contributed by atoms with Gasteiger partial charge in [0.15, 0.2) is 0 Å². The van der Waals surface area contributed by atoms with Crippen molar-refractivity contribution in [3.8, 4) is 0 Å². The predicted octanol–water partition coefficient (Wildman–Crippen LogP) is 2.45. The molecule has 0 radical (unpaired) electrons. The first-order chi connectivity index (χ1) is 11.4. The van der Waals surface area contributed by atoms with E-state index in [0.29, 0.717) is 0 Å². The highest BCUT2D eigenvalue weighted by Gasteiger charge is 2.12. The number of rotatable bonds is 8. The van der Waals surface area contributed by atoms with Gasteiger partial charge in [-0.1, -0.05) is 29.8 Å². The zero-order valence-corrected chi connectivity index (χ0v) is 15.2. The van der Waals surface area contributed by atoms with Crippen LogP contribution in [0.5, 0.6) is 0 Å². The lowest BCUT2D eigenvalue weighted by Gasteiger charge is -2.12. The number of nitrogens with zero attached hydrogens (tertiary/aromatic N) is 1. The zero-order chi connectivity index (χ0) is 17.6. The molecule has 6 heteroatoms. The van der Waals surface area contributed by atoms with E-state index < -0.39 is 10.0 Å². The Kier molecular flexibility index (Phi) is 6.36. The molecule has 0 atom stereocenters. The highest BCUT2D eigenvalue weighted by atomic mass is 32.2. The average Bonchev–Trinajstić information content (AvgIpc) is 2.54. The first-order valence-corrected chi connectivity index (χ1v) is 9.39. The van der Waals surface area contributed by atoms with E-state index in [-0.39, 0.29) is 11.4 Å². The third kappa shape index (κ3) is 5.63. The molecule has 130 valence electrons. The van der Waals surface area contributed by atoms with Crippen LogP contribution in [-0.4, -0.2) is 40.5 Å². The molecule has 24 heavy (non-hydrogen) atoms. The second-order valence-corrected chi connectivity index (χ2v) is 7.83. The summed E-state index contributed by atoms with van der Waals surface area (Å²) in [6, 6.07) is 14.6. The van der Waals surface area contributed by atoms with Gasteiger partial charge in [0.2, 0.25) is 10.0 Å². The van der Waals surface area contributed by atoms with E-state index in [9.17, 15) is 8.42 Å². The van der Waals surface area contributed by atoms with E-state index in [1.807, 2.05) is 45.3 Å². The third-order valence-corrected chi connectivity index (χ3v) is 5.06. The summed E-state index contributed by atoms with van der Waals surface area (Å²) in [7, 11) is 0.585. The predicted molar refractivity (Wildman–Crippen MR) is 98.7 cm³/mol. The molecule has 2 rings (SSSR count). The van der Waals surface area contributed by atoms with E-state index in [4.69, 9.17) is 0 Å². The molecule has 0 aromatic heterocycles. The van der Waals surface area contributed by atoms with Gasteiger partial charge < -0.3 is 10.2 Å². The summed E-state index contributed by atoms with van der Waals surface area (Å²) in [6.07, 6.45) is 0. The molecule has 0 unspecified atom stereocenters. The lowest BCUT2D eigenvalue weighted by atomic mass is 10.2. The first-order valence-electron chi connectivity index (χ1n) is 7.91. The quantitative estimate of drug-likeness (QED) is 0.770. The molecule has 0 spiro atoms. The van der Waals surface area contributed by atoms with Crippen LogP contribution in [0.4, 0.5) is 5.69 Å². The van der Waals surface area contributed by atoms with Crippen molar-refractivity contribution in [3.05, 3.63) is 59.7 Å². The molecule has 0 saturated carbocycles. The van der Waals surface area contributed by atoms with Gasteiger partial charge in [-0.05, 0) is 50.8 Å². The van der Waals surface area contributed by atoms with Crippen molar-refractivity contribution in [2.45, 2.75) is 18.4 Å². The summed E-state index contributed by atoms with van der Waals surface area (Å²) in [5.41, 5.74) is 2.98. The Balaban J connectivity index is 1.90. The Morgan fingerprint density at radius 3 is 2.17 bits per heavy atom. The van der Waals surface area contributed by atoms with E-state index in [1.54, 1.807) is 24.3 Å². The number of anilines is 1. The molecule has 2 aromatic carbocycles. The smallest absolute Gasteiger partial charge is 0.240 e. The lowest BCUT2D eigenvalue weighted by Crippen LogP contribution is -2.23. The molecule has 0 fully saturated rings. The van der Waals surface area contributed by atoms with Crippen LogP contribution in [-0.2, 0) is 16.6 Å². The summed E-state index contributed by atoms with van der Waals surface area (Å²) >= 11 is 0. The van der Waals surface area contributed by atoms with Crippen LogP contribution in [0.15, 0.2) is 53.4 Å². The number of aryl methyl sites for hydroxylation is 1. The third-order valence-electron chi connectivity index (χ3n) is 3.64. The van der Waals surface area contributed by atoms with Crippen LogP contribution in [0, 0.1) is 6.92 Å². The fraction of sp³-hybridized carbons (Fsp3) is 0.333. The molecule has 0 bridgehead atoms. The highest BCUT2D eigenvalue weighted by molar-refractivity contribution is 7.89. The number of nitrogens with one attached hydrogen (secondary N) is 2. The van der Waals surface area contributed by atoms with Crippen LogP contribution in [0.2, 0.25) is 0 Å². The van der Waals surface area contributed by atoms with Crippen molar-refractivity contribution in [2.75, 3.05) is 32.5 Å². The topological polar surface area (TPSA) is 61.4 Å². The second kappa shape index (κ2) is 8.28. The molecule has 0 amide bonds. The molecule has 0 aliphatic rings. The minimum atomic E-state index is -3.48. The van der Waals surface area contributed by atoms with Crippen LogP contribution in [0.25, 0.3) is 0 Å². The second-order valence-electron chi connectivity index (χ2n) is 6.06. The molecule has 2 N–H and O–H groups in total. The SMILES string of the molecule is Cc1ccc(S(=O)(=O)NCc2ccc(NCCN(C)C)cc2)cc1. The van der Waals surface area contributed by atoms with Crippen molar-refractivity contribution >= 4 is 15.7 Å². The summed E-state index contributed by atoms with van der Waals surface area (Å²) in [5, 5.41) is 3.33. The molecule has 0 saturated heterocycles. The Bertz CT molecular complexity index is 739. The Morgan fingerprint density at radius 2 is 1.58 bits per heavy atom. The minimum absolute atomic E-state index is 0.272. The molecule has 2 aromatic rings. The Hall–Kier alpha value is -1.89. The lowest BCUT2D eigenvalue weighted by molar-refractivity contribution is 0.425. The summed E-state index contributed by atoms with van der Waals surface area (Å²) < 4.78 is 27.2. The molecule has 0 aliphatic carbocycles. The van der Waals surface area contributed by atoms with Gasteiger partial charge in [-0.15, -0.1) is 0 Å². The van der Waals surface area contributed by atoms with Gasteiger partial charge in [0.1, 0.15) is 0 Å². The van der Waals surface area contributed by atoms with Crippen LogP contribution >= 0.6 is 0 Å². The van der Waals surface area contributed by atoms with Crippen molar-refractivity contribution in [1.82, 2.24) is 9.62 Å². The minimum Gasteiger partial charge on any atom is -0.384 e. The molecular formula is C18H25N3O2S. The van der Waals surface area contributed by atoms with Gasteiger partial charge in [-0.3, -0.25) is 0 Å². The monoisotopic (exact) mass is 347 g/mol. The zero-order valence-electron chi connectivity index (χ0n) is 14.4. The van der Waals surface area contributed by atoms with Crippen LogP contribution < -0.4 is 10.0 Å². The van der Waals surface area contributed by atoms with Gasteiger partial charge >= 0.3 is 0 Å². The maximum Gasteiger partial charge on any atom is 0.240 e. The number of sulfonamides is 1. The standard InChI is InChI=1S/C18H25N3O2S/c1-15-4-10-18(11-5-15)24(22,23)20-14-16-6-8-17(9-7-16)19-12-13-21(2)3/h4-11,19-20H,12-14H2,1-3H3. The van der Waals surface area contributed by atoms with Gasteiger partial charge in [0.05, 0.1) is 4.90 Å². The molecule has 0 heterocycles. The van der Waals surface area contributed by atoms with E-state index in [2.05, 4.69) is 14.9 Å². The van der Waals surface area contributed by atoms with Crippen molar-refractivity contribution in [2.24, 2.45) is 0 Å². The van der Waals surface area contributed by atoms with Crippen molar-refractivity contribution in [1.29, 1.82) is 0 Å². The van der Waals surface area contributed by atoms with E-state index in [0.717, 1.165) is 29.9 Å². The summed E-state index contributed by atoms with van der Waals surface area (Å²) in [4.78, 5) is 2.40. The van der Waals surface area contributed by atoms with Crippen molar-refractivity contribution < 1.29 is 8.42 Å². The van der Waals surface area contributed by atoms with Gasteiger partial charge in [-0.25, -0.2) is 13.1 Å². The molecule has 0 aliphatic heterocycles. The van der Waals surface area contributed by atoms with Crippen LogP contribution in [0.3, 0.4) is 0 Å². The maximum absolute atomic E-state index is 12.3. The summed E-state index contributed by atoms with van der Waals surface area (Å²) in [5.74, 6) is 0. The maximum atomic E-state index is 12.3. The fourth-order valence-corrected chi connectivity index (χ4v) is 3.16. The number of hydrogen-bond acceptors (Lipinski definition) is 4. The van der Waals surface area contributed by atoms with Gasteiger partial charge in [-0.2, -0.15) is 0 Å². The normalized spacial score (nSPS) is 11.7. The number of benzene rings is 2. The molecular weight excluding hydrogens is 322 g/mol. The van der Waals surface area contributed by atoms with Crippen molar-refractivity contribution in [3.63, 3.8) is 0 Å². The highest BCUT2D eigenvalue weighted by Crippen LogP contribution is 2.12. The van der Waals surface area contributed by atoms with E-state index in [1.165, 1.54) is 0 Å². The van der Waals surface area contributed by atoms with Crippen LogP contribution in [0.1, 0.15) is 11.1 Å². The summed E-state index contributed by atoms with van der Waals surface area (Å²) in [6.45, 7) is 4.02. The fourth-order valence-electron chi connectivity index (χ4n) is 2.14. The Morgan fingerprint density at radius 1 is 0.958 bits per heavy atom. The van der Waals surface area contributed by atoms with Gasteiger partial charge in [0.25, 0.3) is 0 Å². The largest absolute Gasteiger partial charge is 0.384 e. The first kappa shape index (κ1) is 18.4. The van der Waals surface area contributed by atoms with E-state index >= 15 is 0 Å². The Labute approximate surface area is 144 Å². The number of hydrogen-bond donors (Lipinski definition) is 2. The average molecular weight is 347 g/mol. The van der Waals surface area contributed by atoms with Gasteiger partial charge in [0, 0.05) is 25.3 Å². The molecule has 5 nitrogen and oxygen atoms in total. The number of likely N-dealkylation sites (N-methyl/N-ethyl adjacent to an activating group) is 1.